The molecule has 0 aliphatic heterocycles. The van der Waals surface area contributed by atoms with Crippen LogP contribution in [0.4, 0.5) is 8.78 Å². The highest BCUT2D eigenvalue weighted by atomic mass is 127. The largest absolute Gasteiger partial charge is 0.331 e. The topological polar surface area (TPSA) is 44.0 Å². The molecule has 0 fully saturated rings. The van der Waals surface area contributed by atoms with Crippen molar-refractivity contribution in [1.29, 1.82) is 0 Å². The van der Waals surface area contributed by atoms with Gasteiger partial charge in [-0.2, -0.15) is 0 Å². The first-order valence-electron chi connectivity index (χ1n) is 5.41. The Morgan fingerprint density at radius 1 is 1.30 bits per heavy atom. The lowest BCUT2D eigenvalue weighted by atomic mass is 10.2. The van der Waals surface area contributed by atoms with Crippen molar-refractivity contribution in [2.75, 3.05) is 0 Å². The van der Waals surface area contributed by atoms with Gasteiger partial charge in [0.25, 0.3) is 5.56 Å². The molecule has 0 aliphatic carbocycles. The minimum Gasteiger partial charge on any atom is -0.302 e. The SMILES string of the molecule is Cn1cc(I)c(=O)n(Cc2c(F)ccc(Br)c2F)c1=O. The Bertz CT molecular complexity index is 767. The molecule has 0 saturated heterocycles. The van der Waals surface area contributed by atoms with Gasteiger partial charge in [0.1, 0.15) is 11.6 Å². The Balaban J connectivity index is 2.66. The van der Waals surface area contributed by atoms with Crippen LogP contribution in [0.25, 0.3) is 0 Å². The van der Waals surface area contributed by atoms with E-state index in [1.165, 1.54) is 23.9 Å². The number of hydrogen-bond donors (Lipinski definition) is 0. The summed E-state index contributed by atoms with van der Waals surface area (Å²) in [6.45, 7) is -0.459. The van der Waals surface area contributed by atoms with Crippen molar-refractivity contribution in [1.82, 2.24) is 9.13 Å². The lowest BCUT2D eigenvalue weighted by molar-refractivity contribution is 0.525. The first kappa shape index (κ1) is 15.4. The summed E-state index contributed by atoms with van der Waals surface area (Å²) in [5.74, 6) is -1.63. The molecule has 8 heteroatoms. The van der Waals surface area contributed by atoms with Crippen LogP contribution < -0.4 is 11.2 Å². The molecular formula is C12H8BrF2IN2O2. The lowest BCUT2D eigenvalue weighted by Crippen LogP contribution is -2.40. The van der Waals surface area contributed by atoms with E-state index in [0.29, 0.717) is 3.57 Å². The average molecular weight is 457 g/mol. The molecule has 2 aromatic rings. The lowest BCUT2D eigenvalue weighted by Gasteiger charge is -2.10. The van der Waals surface area contributed by atoms with E-state index in [-0.39, 0.29) is 10.0 Å². The summed E-state index contributed by atoms with van der Waals surface area (Å²) in [6.07, 6.45) is 1.37. The van der Waals surface area contributed by atoms with Crippen molar-refractivity contribution in [2.45, 2.75) is 6.54 Å². The molecule has 0 N–H and O–H groups in total. The molecule has 1 aromatic carbocycles. The van der Waals surface area contributed by atoms with E-state index in [2.05, 4.69) is 15.9 Å². The number of halogens is 4. The molecule has 0 saturated carbocycles. The highest BCUT2D eigenvalue weighted by Gasteiger charge is 2.16. The molecule has 1 heterocycles. The zero-order valence-electron chi connectivity index (χ0n) is 10.2. The fourth-order valence-electron chi connectivity index (χ4n) is 1.70. The summed E-state index contributed by atoms with van der Waals surface area (Å²) in [6, 6.07) is 2.30. The van der Waals surface area contributed by atoms with Crippen LogP contribution in [0.15, 0.2) is 32.4 Å². The van der Waals surface area contributed by atoms with Gasteiger partial charge in [0.15, 0.2) is 0 Å². The number of benzene rings is 1. The predicted octanol–water partition coefficient (Wildman–Crippen LogP) is 2.24. The van der Waals surface area contributed by atoms with Gasteiger partial charge < -0.3 is 4.57 Å². The van der Waals surface area contributed by atoms with E-state index in [4.69, 9.17) is 0 Å². The Kier molecular flexibility index (Phi) is 4.43. The first-order chi connectivity index (χ1) is 9.32. The fourth-order valence-corrected chi connectivity index (χ4v) is 2.78. The summed E-state index contributed by atoms with van der Waals surface area (Å²) >= 11 is 4.71. The predicted molar refractivity (Wildman–Crippen MR) is 81.8 cm³/mol. The van der Waals surface area contributed by atoms with E-state index < -0.39 is 29.4 Å². The molecule has 4 nitrogen and oxygen atoms in total. The van der Waals surface area contributed by atoms with Gasteiger partial charge in [-0.1, -0.05) is 0 Å². The summed E-state index contributed by atoms with van der Waals surface area (Å²) in [5.41, 5.74) is -1.54. The molecular weight excluding hydrogens is 449 g/mol. The van der Waals surface area contributed by atoms with Crippen LogP contribution in [0.1, 0.15) is 5.56 Å². The maximum atomic E-state index is 13.9. The van der Waals surface area contributed by atoms with Crippen LogP contribution >= 0.6 is 38.5 Å². The van der Waals surface area contributed by atoms with Crippen molar-refractivity contribution in [2.24, 2.45) is 7.05 Å². The summed E-state index contributed by atoms with van der Waals surface area (Å²) in [5, 5.41) is 0. The second-order valence-corrected chi connectivity index (χ2v) is 6.10. The molecule has 0 aliphatic rings. The summed E-state index contributed by atoms with van der Waals surface area (Å²) < 4.78 is 30.0. The number of rotatable bonds is 2. The molecule has 0 spiro atoms. The molecule has 106 valence electrons. The first-order valence-corrected chi connectivity index (χ1v) is 7.28. The normalized spacial score (nSPS) is 10.8. The van der Waals surface area contributed by atoms with Gasteiger partial charge in [0, 0.05) is 18.8 Å². The van der Waals surface area contributed by atoms with Gasteiger partial charge in [-0.25, -0.2) is 13.6 Å². The number of nitrogens with zero attached hydrogens (tertiary/aromatic N) is 2. The van der Waals surface area contributed by atoms with Crippen molar-refractivity contribution in [3.63, 3.8) is 0 Å². The van der Waals surface area contributed by atoms with Crippen LogP contribution in [0.3, 0.4) is 0 Å². The van der Waals surface area contributed by atoms with Gasteiger partial charge in [-0.3, -0.25) is 9.36 Å². The second-order valence-electron chi connectivity index (χ2n) is 4.08. The van der Waals surface area contributed by atoms with Crippen molar-refractivity contribution >= 4 is 38.5 Å². The van der Waals surface area contributed by atoms with E-state index in [0.717, 1.165) is 10.6 Å². The molecule has 2 rings (SSSR count). The van der Waals surface area contributed by atoms with Gasteiger partial charge >= 0.3 is 5.69 Å². The zero-order chi connectivity index (χ0) is 15.0. The van der Waals surface area contributed by atoms with E-state index in [9.17, 15) is 18.4 Å². The number of aryl methyl sites for hydroxylation is 1. The molecule has 0 bridgehead atoms. The highest BCUT2D eigenvalue weighted by Crippen LogP contribution is 2.21. The maximum absolute atomic E-state index is 13.9. The monoisotopic (exact) mass is 456 g/mol. The third-order valence-corrected chi connectivity index (χ3v) is 4.10. The van der Waals surface area contributed by atoms with Crippen LogP contribution in [0, 0.1) is 15.2 Å². The quantitative estimate of drug-likeness (QED) is 0.514. The van der Waals surface area contributed by atoms with Gasteiger partial charge in [-0.05, 0) is 50.7 Å². The Morgan fingerprint density at radius 3 is 2.60 bits per heavy atom. The molecule has 20 heavy (non-hydrogen) atoms. The number of aromatic nitrogens is 2. The van der Waals surface area contributed by atoms with Crippen LogP contribution in [-0.4, -0.2) is 9.13 Å². The van der Waals surface area contributed by atoms with E-state index in [1.807, 2.05) is 0 Å². The third kappa shape index (κ3) is 2.71. The minimum atomic E-state index is -0.821. The molecule has 0 unspecified atom stereocenters. The van der Waals surface area contributed by atoms with Gasteiger partial charge in [0.2, 0.25) is 0 Å². The Morgan fingerprint density at radius 2 is 1.95 bits per heavy atom. The number of hydrogen-bond acceptors (Lipinski definition) is 2. The molecule has 0 radical (unpaired) electrons. The van der Waals surface area contributed by atoms with E-state index >= 15 is 0 Å². The molecule has 0 atom stereocenters. The molecule has 0 amide bonds. The molecule has 1 aromatic heterocycles. The van der Waals surface area contributed by atoms with Crippen molar-refractivity contribution in [3.05, 3.63) is 64.4 Å². The van der Waals surface area contributed by atoms with Crippen molar-refractivity contribution in [3.8, 4) is 0 Å². The average Bonchev–Trinajstić information content (AvgIpc) is 2.40. The Hall–Kier alpha value is -1.03. The maximum Gasteiger partial charge on any atom is 0.331 e. The van der Waals surface area contributed by atoms with Gasteiger partial charge in [0.05, 0.1) is 14.6 Å². The minimum absolute atomic E-state index is 0.0735. The van der Waals surface area contributed by atoms with Crippen LogP contribution in [0.2, 0.25) is 0 Å². The van der Waals surface area contributed by atoms with Gasteiger partial charge in [-0.15, -0.1) is 0 Å². The summed E-state index contributed by atoms with van der Waals surface area (Å²) in [4.78, 5) is 23.9. The van der Waals surface area contributed by atoms with Crippen molar-refractivity contribution < 1.29 is 8.78 Å². The fraction of sp³-hybridized carbons (Fsp3) is 0.167. The third-order valence-electron chi connectivity index (χ3n) is 2.74. The van der Waals surface area contributed by atoms with Crippen LogP contribution in [-0.2, 0) is 13.6 Å². The zero-order valence-corrected chi connectivity index (χ0v) is 13.9. The highest BCUT2D eigenvalue weighted by molar-refractivity contribution is 14.1. The van der Waals surface area contributed by atoms with E-state index in [1.54, 1.807) is 22.6 Å². The Labute approximate surface area is 134 Å². The summed E-state index contributed by atoms with van der Waals surface area (Å²) in [7, 11) is 1.47. The standard InChI is InChI=1S/C12H8BrF2IN2O2/c1-17-5-9(16)11(19)18(12(17)20)4-6-8(14)3-2-7(13)10(6)15/h2-3,5H,4H2,1H3. The second kappa shape index (κ2) is 5.76. The smallest absolute Gasteiger partial charge is 0.302 e. The van der Waals surface area contributed by atoms with Crippen LogP contribution in [0.5, 0.6) is 0 Å².